The number of azide groups is 1. The van der Waals surface area contributed by atoms with E-state index in [0.29, 0.717) is 6.54 Å². The van der Waals surface area contributed by atoms with Gasteiger partial charge in [0.1, 0.15) is 0 Å². The molecule has 0 N–H and O–H groups in total. The summed E-state index contributed by atoms with van der Waals surface area (Å²) in [4.78, 5) is 3.95. The van der Waals surface area contributed by atoms with Crippen LogP contribution in [0.1, 0.15) is 12.5 Å². The minimum atomic E-state index is 0.444. The number of thioether (sulfide) groups is 1. The lowest BCUT2D eigenvalue weighted by molar-refractivity contribution is 1.01. The summed E-state index contributed by atoms with van der Waals surface area (Å²) in [5.74, 6) is 1.04. The van der Waals surface area contributed by atoms with E-state index >= 15 is 0 Å². The van der Waals surface area contributed by atoms with E-state index in [9.17, 15) is 0 Å². The van der Waals surface area contributed by atoms with E-state index in [0.717, 1.165) is 11.3 Å². The molecule has 0 heterocycles. The zero-order valence-electron chi connectivity index (χ0n) is 7.47. The lowest BCUT2D eigenvalue weighted by Crippen LogP contribution is -1.84. The van der Waals surface area contributed by atoms with Crippen LogP contribution in [-0.4, -0.2) is 5.75 Å². The van der Waals surface area contributed by atoms with Crippen LogP contribution in [0.4, 0.5) is 0 Å². The van der Waals surface area contributed by atoms with Crippen LogP contribution in [0, 0.1) is 0 Å². The molecule has 0 aliphatic carbocycles. The quantitative estimate of drug-likeness (QED) is 0.312. The molecule has 0 unspecified atom stereocenters. The smallest absolute Gasteiger partial charge is 0.0521 e. The second-order valence-corrected chi connectivity index (χ2v) is 3.74. The molecule has 0 saturated heterocycles. The fourth-order valence-electron chi connectivity index (χ4n) is 1.04. The van der Waals surface area contributed by atoms with Crippen LogP contribution in [0.25, 0.3) is 10.4 Å². The molecule has 0 spiro atoms. The van der Waals surface area contributed by atoms with Crippen molar-refractivity contribution in [3.63, 3.8) is 0 Å². The highest BCUT2D eigenvalue weighted by Gasteiger charge is 1.98. The van der Waals surface area contributed by atoms with Gasteiger partial charge in [-0.15, -0.1) is 11.8 Å². The van der Waals surface area contributed by atoms with Gasteiger partial charge >= 0.3 is 0 Å². The molecular formula is C9H11N3S. The van der Waals surface area contributed by atoms with Crippen molar-refractivity contribution < 1.29 is 0 Å². The van der Waals surface area contributed by atoms with Gasteiger partial charge in [0, 0.05) is 9.81 Å². The Morgan fingerprint density at radius 1 is 1.46 bits per heavy atom. The molecule has 0 amide bonds. The number of hydrogen-bond acceptors (Lipinski definition) is 2. The third-order valence-corrected chi connectivity index (χ3v) is 2.57. The van der Waals surface area contributed by atoms with E-state index in [-0.39, 0.29) is 0 Å². The molecule has 0 bridgehead atoms. The first-order chi connectivity index (χ1) is 6.38. The van der Waals surface area contributed by atoms with E-state index in [1.165, 1.54) is 4.90 Å². The maximum Gasteiger partial charge on any atom is 0.0521 e. The summed E-state index contributed by atoms with van der Waals surface area (Å²) >= 11 is 1.77. The van der Waals surface area contributed by atoms with E-state index in [2.05, 4.69) is 23.0 Å². The van der Waals surface area contributed by atoms with Gasteiger partial charge in [-0.1, -0.05) is 30.2 Å². The molecule has 0 radical (unpaired) electrons. The highest BCUT2D eigenvalue weighted by atomic mass is 32.2. The Morgan fingerprint density at radius 2 is 2.23 bits per heavy atom. The van der Waals surface area contributed by atoms with E-state index in [1.807, 2.05) is 18.2 Å². The SMILES string of the molecule is CCSc1ccccc1CN=[N+]=[N-]. The first kappa shape index (κ1) is 9.96. The van der Waals surface area contributed by atoms with Gasteiger partial charge in [0.2, 0.25) is 0 Å². The maximum atomic E-state index is 8.20. The van der Waals surface area contributed by atoms with Crippen molar-refractivity contribution >= 4 is 11.8 Å². The molecule has 1 aromatic carbocycles. The van der Waals surface area contributed by atoms with Crippen LogP contribution in [0.15, 0.2) is 34.3 Å². The van der Waals surface area contributed by atoms with Crippen molar-refractivity contribution in [1.82, 2.24) is 0 Å². The molecule has 0 aliphatic heterocycles. The third-order valence-electron chi connectivity index (χ3n) is 1.58. The zero-order valence-corrected chi connectivity index (χ0v) is 8.29. The van der Waals surface area contributed by atoms with Gasteiger partial charge in [0.05, 0.1) is 6.54 Å². The highest BCUT2D eigenvalue weighted by Crippen LogP contribution is 2.22. The predicted octanol–water partition coefficient (Wildman–Crippen LogP) is 3.61. The van der Waals surface area contributed by atoms with E-state index in [1.54, 1.807) is 11.8 Å². The third kappa shape index (κ3) is 3.01. The molecule has 13 heavy (non-hydrogen) atoms. The number of hydrogen-bond donors (Lipinski definition) is 0. The Bertz CT molecular complexity index is 318. The van der Waals surface area contributed by atoms with Crippen molar-refractivity contribution in [1.29, 1.82) is 0 Å². The average molecular weight is 193 g/mol. The summed E-state index contributed by atoms with van der Waals surface area (Å²) in [6.07, 6.45) is 0. The number of nitrogens with zero attached hydrogens (tertiary/aromatic N) is 3. The summed E-state index contributed by atoms with van der Waals surface area (Å²) in [5.41, 5.74) is 9.30. The van der Waals surface area contributed by atoms with Crippen molar-refractivity contribution in [2.75, 3.05) is 5.75 Å². The Balaban J connectivity index is 2.83. The van der Waals surface area contributed by atoms with Crippen LogP contribution < -0.4 is 0 Å². The van der Waals surface area contributed by atoms with Gasteiger partial charge < -0.3 is 0 Å². The summed E-state index contributed by atoms with van der Waals surface area (Å²) in [6.45, 7) is 2.55. The van der Waals surface area contributed by atoms with Crippen molar-refractivity contribution in [2.24, 2.45) is 5.11 Å². The fourth-order valence-corrected chi connectivity index (χ4v) is 1.84. The molecular weight excluding hydrogens is 182 g/mol. The van der Waals surface area contributed by atoms with Crippen LogP contribution in [-0.2, 0) is 6.54 Å². The van der Waals surface area contributed by atoms with E-state index < -0.39 is 0 Å². The lowest BCUT2D eigenvalue weighted by Gasteiger charge is -2.03. The summed E-state index contributed by atoms with van der Waals surface area (Å²) in [6, 6.07) is 8.00. The average Bonchev–Trinajstić information content (AvgIpc) is 2.17. The molecule has 4 heteroatoms. The Hall–Kier alpha value is -1.12. The minimum Gasteiger partial charge on any atom is -0.126 e. The molecule has 0 aliphatic rings. The normalized spacial score (nSPS) is 9.31. The first-order valence-corrected chi connectivity index (χ1v) is 5.08. The van der Waals surface area contributed by atoms with Crippen molar-refractivity contribution in [2.45, 2.75) is 18.4 Å². The van der Waals surface area contributed by atoms with Gasteiger partial charge in [0.15, 0.2) is 0 Å². The van der Waals surface area contributed by atoms with Crippen LogP contribution in [0.5, 0.6) is 0 Å². The van der Waals surface area contributed by atoms with Crippen molar-refractivity contribution in [3.8, 4) is 0 Å². The molecule has 0 saturated carbocycles. The largest absolute Gasteiger partial charge is 0.126 e. The topological polar surface area (TPSA) is 48.8 Å². The van der Waals surface area contributed by atoms with Crippen LogP contribution in [0.3, 0.4) is 0 Å². The van der Waals surface area contributed by atoms with Crippen LogP contribution >= 0.6 is 11.8 Å². The zero-order chi connectivity index (χ0) is 9.52. The minimum absolute atomic E-state index is 0.444. The Morgan fingerprint density at radius 3 is 2.92 bits per heavy atom. The second kappa shape index (κ2) is 5.51. The second-order valence-electron chi connectivity index (χ2n) is 2.43. The number of benzene rings is 1. The Labute approximate surface area is 81.8 Å². The molecule has 0 aromatic heterocycles. The van der Waals surface area contributed by atoms with Gasteiger partial charge in [-0.25, -0.2) is 0 Å². The van der Waals surface area contributed by atoms with Gasteiger partial charge in [-0.2, -0.15) is 0 Å². The monoisotopic (exact) mass is 193 g/mol. The molecule has 1 aromatic rings. The summed E-state index contributed by atoms with van der Waals surface area (Å²) in [7, 11) is 0. The number of rotatable bonds is 4. The van der Waals surface area contributed by atoms with Gasteiger partial charge in [0.25, 0.3) is 0 Å². The molecule has 0 atom stereocenters. The lowest BCUT2D eigenvalue weighted by atomic mass is 10.2. The summed E-state index contributed by atoms with van der Waals surface area (Å²) in [5, 5.41) is 3.55. The molecule has 68 valence electrons. The van der Waals surface area contributed by atoms with Gasteiger partial charge in [-0.3, -0.25) is 0 Å². The van der Waals surface area contributed by atoms with Crippen LogP contribution in [0.2, 0.25) is 0 Å². The molecule has 1 rings (SSSR count). The first-order valence-electron chi connectivity index (χ1n) is 4.10. The summed E-state index contributed by atoms with van der Waals surface area (Å²) < 4.78 is 0. The van der Waals surface area contributed by atoms with E-state index in [4.69, 9.17) is 5.53 Å². The molecule has 0 fully saturated rings. The Kier molecular flexibility index (Phi) is 4.23. The maximum absolute atomic E-state index is 8.20. The fraction of sp³-hybridized carbons (Fsp3) is 0.333. The molecule has 3 nitrogen and oxygen atoms in total. The highest BCUT2D eigenvalue weighted by molar-refractivity contribution is 7.99. The predicted molar refractivity (Wildman–Crippen MR) is 55.7 cm³/mol. The van der Waals surface area contributed by atoms with Gasteiger partial charge in [-0.05, 0) is 22.9 Å². The van der Waals surface area contributed by atoms with Crippen molar-refractivity contribution in [3.05, 3.63) is 40.3 Å². The standard InChI is InChI=1S/C9H11N3S/c1-2-13-9-6-4-3-5-8(9)7-11-12-10/h3-6H,2,7H2,1H3.